The van der Waals surface area contributed by atoms with Crippen LogP contribution in [0.5, 0.6) is 0 Å². The number of hydrogen-bond donors (Lipinski definition) is 2. The minimum atomic E-state index is -0.895. The van der Waals surface area contributed by atoms with Crippen LogP contribution in [0, 0.1) is 0 Å². The molecule has 0 amide bonds. The third kappa shape index (κ3) is 1.78. The van der Waals surface area contributed by atoms with E-state index >= 15 is 0 Å². The van der Waals surface area contributed by atoms with E-state index in [2.05, 4.69) is 18.4 Å². The third-order valence-electron chi connectivity index (χ3n) is 1.89. The van der Waals surface area contributed by atoms with Crippen LogP contribution in [0.2, 0.25) is 19.1 Å². The van der Waals surface area contributed by atoms with Crippen molar-refractivity contribution in [2.24, 2.45) is 0 Å². The summed E-state index contributed by atoms with van der Waals surface area (Å²) in [5, 5.41) is 12.1. The van der Waals surface area contributed by atoms with Gasteiger partial charge in [0.05, 0.1) is 14.7 Å². The Hall–Kier alpha value is 0.137. The lowest BCUT2D eigenvalue weighted by atomic mass is 10.4. The smallest absolute Gasteiger partial charge is 0.0642 e. The van der Waals surface area contributed by atoms with Crippen molar-refractivity contribution in [3.63, 3.8) is 0 Å². The van der Waals surface area contributed by atoms with Gasteiger partial charge < -0.3 is 10.4 Å². The molecule has 9 heavy (non-hydrogen) atoms. The van der Waals surface area contributed by atoms with Gasteiger partial charge in [-0.05, 0) is 12.2 Å². The van der Waals surface area contributed by atoms with E-state index in [0.29, 0.717) is 12.6 Å². The van der Waals surface area contributed by atoms with Crippen molar-refractivity contribution in [2.45, 2.75) is 25.2 Å². The molecule has 1 aliphatic heterocycles. The van der Waals surface area contributed by atoms with Gasteiger partial charge in [-0.15, -0.1) is 0 Å². The zero-order valence-corrected chi connectivity index (χ0v) is 7.15. The fourth-order valence-electron chi connectivity index (χ4n) is 1.36. The number of hydrogen-bond acceptors (Lipinski definition) is 2. The predicted octanol–water partition coefficient (Wildman–Crippen LogP) is 0.198. The predicted molar refractivity (Wildman–Crippen MR) is 41.2 cm³/mol. The molecule has 1 saturated heterocycles. The average Bonchev–Trinajstić information content (AvgIpc) is 2.10. The Morgan fingerprint density at radius 2 is 2.33 bits per heavy atom. The summed E-state index contributed by atoms with van der Waals surface area (Å²) >= 11 is 0. The zero-order chi connectivity index (χ0) is 6.91. The lowest BCUT2D eigenvalue weighted by Gasteiger charge is -2.11. The van der Waals surface area contributed by atoms with Crippen LogP contribution in [-0.4, -0.2) is 32.0 Å². The first-order chi connectivity index (χ1) is 4.14. The molecule has 3 heteroatoms. The van der Waals surface area contributed by atoms with Crippen LogP contribution >= 0.6 is 0 Å². The molecular weight excluding hydrogens is 130 g/mol. The Labute approximate surface area is 57.3 Å². The molecule has 0 aliphatic carbocycles. The van der Waals surface area contributed by atoms with Crippen molar-refractivity contribution in [3.05, 3.63) is 0 Å². The van der Waals surface area contributed by atoms with Crippen molar-refractivity contribution in [3.8, 4) is 0 Å². The van der Waals surface area contributed by atoms with Gasteiger partial charge in [-0.3, -0.25) is 0 Å². The number of aliphatic hydroxyl groups is 1. The minimum Gasteiger partial charge on any atom is -0.395 e. The molecule has 1 unspecified atom stereocenters. The van der Waals surface area contributed by atoms with Gasteiger partial charge in [-0.2, -0.15) is 0 Å². The summed E-state index contributed by atoms with van der Waals surface area (Å²) in [6.07, 6.45) is 1.18. The topological polar surface area (TPSA) is 32.3 Å². The van der Waals surface area contributed by atoms with E-state index in [1.165, 1.54) is 12.2 Å². The van der Waals surface area contributed by atoms with E-state index in [1.54, 1.807) is 0 Å². The maximum absolute atomic E-state index is 8.76. The van der Waals surface area contributed by atoms with Gasteiger partial charge in [0.25, 0.3) is 0 Å². The Morgan fingerprint density at radius 3 is 2.56 bits per heavy atom. The normalized spacial score (nSPS) is 33.0. The summed E-state index contributed by atoms with van der Waals surface area (Å²) < 4.78 is 0. The molecule has 1 fully saturated rings. The van der Waals surface area contributed by atoms with Crippen LogP contribution in [-0.2, 0) is 0 Å². The van der Waals surface area contributed by atoms with Gasteiger partial charge in [-0.1, -0.05) is 13.1 Å². The summed E-state index contributed by atoms with van der Waals surface area (Å²) in [5.74, 6) is 0. The lowest BCUT2D eigenvalue weighted by Crippen LogP contribution is -2.28. The highest BCUT2D eigenvalue weighted by Gasteiger charge is 2.31. The molecule has 0 aromatic carbocycles. The van der Waals surface area contributed by atoms with E-state index in [1.807, 2.05) is 0 Å². The van der Waals surface area contributed by atoms with E-state index in [0.717, 1.165) is 0 Å². The van der Waals surface area contributed by atoms with Gasteiger partial charge in [0, 0.05) is 6.04 Å². The van der Waals surface area contributed by atoms with E-state index in [4.69, 9.17) is 5.11 Å². The van der Waals surface area contributed by atoms with Gasteiger partial charge in [0.15, 0.2) is 0 Å². The summed E-state index contributed by atoms with van der Waals surface area (Å²) in [7, 11) is -0.895. The first-order valence-corrected chi connectivity index (χ1v) is 6.90. The maximum Gasteiger partial charge on any atom is 0.0642 e. The lowest BCUT2D eigenvalue weighted by molar-refractivity contribution is 0.261. The zero-order valence-electron chi connectivity index (χ0n) is 6.15. The summed E-state index contributed by atoms with van der Waals surface area (Å²) in [5.41, 5.74) is 0. The highest BCUT2D eigenvalue weighted by Crippen LogP contribution is 2.17. The largest absolute Gasteiger partial charge is 0.395 e. The number of aliphatic hydroxyl groups excluding tert-OH is 1. The molecule has 0 saturated carbocycles. The second kappa shape index (κ2) is 2.40. The number of rotatable bonds is 1. The van der Waals surface area contributed by atoms with Crippen LogP contribution in [0.3, 0.4) is 0 Å². The van der Waals surface area contributed by atoms with Gasteiger partial charge in [0.1, 0.15) is 0 Å². The SMILES string of the molecule is C[Si]1(C)CNC(CO)C1. The van der Waals surface area contributed by atoms with Crippen molar-refractivity contribution in [1.82, 2.24) is 5.32 Å². The fourth-order valence-corrected chi connectivity index (χ4v) is 3.95. The fraction of sp³-hybridized carbons (Fsp3) is 1.00. The van der Waals surface area contributed by atoms with Crippen LogP contribution in [0.1, 0.15) is 0 Å². The van der Waals surface area contributed by atoms with Crippen molar-refractivity contribution >= 4 is 8.07 Å². The van der Waals surface area contributed by atoms with Crippen LogP contribution in [0.15, 0.2) is 0 Å². The average molecular weight is 145 g/mol. The Bertz CT molecular complexity index is 105. The molecule has 1 atom stereocenters. The van der Waals surface area contributed by atoms with E-state index in [-0.39, 0.29) is 0 Å². The van der Waals surface area contributed by atoms with Crippen molar-refractivity contribution < 1.29 is 5.11 Å². The molecule has 0 aromatic heterocycles. The molecule has 2 N–H and O–H groups in total. The number of nitrogens with one attached hydrogen (secondary N) is 1. The molecule has 0 bridgehead atoms. The molecule has 54 valence electrons. The highest BCUT2D eigenvalue weighted by molar-refractivity contribution is 6.78. The van der Waals surface area contributed by atoms with Crippen molar-refractivity contribution in [2.75, 3.05) is 12.8 Å². The molecular formula is C6H15NOSi. The van der Waals surface area contributed by atoms with Gasteiger partial charge in [0.2, 0.25) is 0 Å². The quantitative estimate of drug-likeness (QED) is 0.517. The molecule has 1 heterocycles. The van der Waals surface area contributed by atoms with Gasteiger partial charge in [-0.25, -0.2) is 0 Å². The summed E-state index contributed by atoms with van der Waals surface area (Å²) in [4.78, 5) is 0. The van der Waals surface area contributed by atoms with E-state index in [9.17, 15) is 0 Å². The van der Waals surface area contributed by atoms with E-state index < -0.39 is 8.07 Å². The molecule has 0 spiro atoms. The monoisotopic (exact) mass is 145 g/mol. The molecule has 2 nitrogen and oxygen atoms in total. The molecule has 1 aliphatic rings. The van der Waals surface area contributed by atoms with Crippen molar-refractivity contribution in [1.29, 1.82) is 0 Å². The van der Waals surface area contributed by atoms with Crippen LogP contribution in [0.25, 0.3) is 0 Å². The van der Waals surface area contributed by atoms with Crippen LogP contribution < -0.4 is 5.32 Å². The van der Waals surface area contributed by atoms with Gasteiger partial charge >= 0.3 is 0 Å². The standard InChI is InChI=1S/C6H15NOSi/c1-9(2)4-6(3-8)7-5-9/h6-8H,3-5H2,1-2H3. The third-order valence-corrected chi connectivity index (χ3v) is 4.65. The second-order valence-electron chi connectivity index (χ2n) is 3.63. The summed E-state index contributed by atoms with van der Waals surface area (Å²) in [6.45, 7) is 5.03. The first-order valence-electron chi connectivity index (χ1n) is 3.48. The summed E-state index contributed by atoms with van der Waals surface area (Å²) in [6, 6.07) is 1.65. The first kappa shape index (κ1) is 7.25. The molecule has 0 aromatic rings. The Morgan fingerprint density at radius 1 is 1.67 bits per heavy atom. The Kier molecular flexibility index (Phi) is 1.93. The second-order valence-corrected chi connectivity index (χ2v) is 8.72. The minimum absolute atomic E-state index is 0.316. The van der Waals surface area contributed by atoms with Crippen LogP contribution in [0.4, 0.5) is 0 Å². The molecule has 0 radical (unpaired) electrons. The highest BCUT2D eigenvalue weighted by atomic mass is 28.3. The Balaban J connectivity index is 2.38. The molecule has 1 rings (SSSR count). The maximum atomic E-state index is 8.76.